The SMILES string of the molecule is CN(CCC(O)c1ccccc1F)Cc1nccn1C. The third kappa shape index (κ3) is 3.65. The van der Waals surface area contributed by atoms with Crippen LogP contribution in [-0.2, 0) is 13.6 Å². The molecule has 1 N–H and O–H groups in total. The van der Waals surface area contributed by atoms with Gasteiger partial charge in [-0.05, 0) is 19.5 Å². The lowest BCUT2D eigenvalue weighted by atomic mass is 10.1. The average molecular weight is 277 g/mol. The first-order chi connectivity index (χ1) is 9.58. The van der Waals surface area contributed by atoms with Gasteiger partial charge in [-0.15, -0.1) is 0 Å². The van der Waals surface area contributed by atoms with E-state index in [0.717, 1.165) is 5.82 Å². The Bertz CT molecular complexity index is 556. The second-order valence-corrected chi connectivity index (χ2v) is 5.02. The van der Waals surface area contributed by atoms with Crippen LogP contribution in [0.15, 0.2) is 36.7 Å². The van der Waals surface area contributed by atoms with Gasteiger partial charge >= 0.3 is 0 Å². The second-order valence-electron chi connectivity index (χ2n) is 5.02. The van der Waals surface area contributed by atoms with Crippen LogP contribution < -0.4 is 0 Å². The molecule has 0 saturated carbocycles. The first-order valence-electron chi connectivity index (χ1n) is 6.65. The molecular formula is C15H20FN3O. The molecule has 5 heteroatoms. The molecule has 0 radical (unpaired) electrons. The Morgan fingerprint density at radius 3 is 2.80 bits per heavy atom. The van der Waals surface area contributed by atoms with Crippen molar-refractivity contribution in [1.82, 2.24) is 14.5 Å². The van der Waals surface area contributed by atoms with E-state index in [2.05, 4.69) is 9.88 Å². The summed E-state index contributed by atoms with van der Waals surface area (Å²) in [4.78, 5) is 6.32. The third-order valence-electron chi connectivity index (χ3n) is 3.38. The standard InChI is InChI=1S/C15H20FN3O/c1-18(11-15-17-8-10-19(15)2)9-7-14(20)12-5-3-4-6-13(12)16/h3-6,8,10,14,20H,7,9,11H2,1-2H3. The monoisotopic (exact) mass is 277 g/mol. The molecule has 0 bridgehead atoms. The summed E-state index contributed by atoms with van der Waals surface area (Å²) < 4.78 is 15.5. The highest BCUT2D eigenvalue weighted by Crippen LogP contribution is 2.19. The van der Waals surface area contributed by atoms with Crippen LogP contribution in [0.5, 0.6) is 0 Å². The smallest absolute Gasteiger partial charge is 0.128 e. The number of rotatable bonds is 6. The lowest BCUT2D eigenvalue weighted by molar-refractivity contribution is 0.143. The van der Waals surface area contributed by atoms with Gasteiger partial charge < -0.3 is 9.67 Å². The van der Waals surface area contributed by atoms with E-state index < -0.39 is 6.10 Å². The Kier molecular flexibility index (Phi) is 4.87. The van der Waals surface area contributed by atoms with Gasteiger partial charge in [-0.3, -0.25) is 4.90 Å². The minimum Gasteiger partial charge on any atom is -0.388 e. The predicted molar refractivity (Wildman–Crippen MR) is 75.5 cm³/mol. The molecule has 108 valence electrons. The number of halogens is 1. The van der Waals surface area contributed by atoms with Crippen LogP contribution in [0.25, 0.3) is 0 Å². The number of nitrogens with zero attached hydrogens (tertiary/aromatic N) is 3. The lowest BCUT2D eigenvalue weighted by Gasteiger charge is -2.19. The maximum Gasteiger partial charge on any atom is 0.128 e. The molecule has 1 unspecified atom stereocenters. The Labute approximate surface area is 118 Å². The van der Waals surface area contributed by atoms with Crippen molar-refractivity contribution in [1.29, 1.82) is 0 Å². The summed E-state index contributed by atoms with van der Waals surface area (Å²) in [6.07, 6.45) is 3.37. The quantitative estimate of drug-likeness (QED) is 0.879. The third-order valence-corrected chi connectivity index (χ3v) is 3.38. The van der Waals surface area contributed by atoms with Crippen LogP contribution in [0.1, 0.15) is 23.9 Å². The van der Waals surface area contributed by atoms with E-state index in [4.69, 9.17) is 0 Å². The molecule has 2 rings (SSSR count). The van der Waals surface area contributed by atoms with Gasteiger partial charge in [0.1, 0.15) is 11.6 Å². The summed E-state index contributed by atoms with van der Waals surface area (Å²) in [5.41, 5.74) is 0.359. The Morgan fingerprint density at radius 2 is 2.15 bits per heavy atom. The number of benzene rings is 1. The lowest BCUT2D eigenvalue weighted by Crippen LogP contribution is -2.22. The molecule has 0 amide bonds. The van der Waals surface area contributed by atoms with Gasteiger partial charge in [0.2, 0.25) is 0 Å². The Morgan fingerprint density at radius 1 is 1.40 bits per heavy atom. The molecule has 0 fully saturated rings. The molecule has 20 heavy (non-hydrogen) atoms. The van der Waals surface area contributed by atoms with Crippen molar-refractivity contribution in [3.8, 4) is 0 Å². The highest BCUT2D eigenvalue weighted by molar-refractivity contribution is 5.19. The summed E-state index contributed by atoms with van der Waals surface area (Å²) in [5, 5.41) is 10.0. The van der Waals surface area contributed by atoms with E-state index >= 15 is 0 Å². The normalized spacial score (nSPS) is 12.8. The van der Waals surface area contributed by atoms with E-state index in [-0.39, 0.29) is 5.82 Å². The first kappa shape index (κ1) is 14.7. The fraction of sp³-hybridized carbons (Fsp3) is 0.400. The number of aryl methyl sites for hydroxylation is 1. The Balaban J connectivity index is 1.86. The number of aromatic nitrogens is 2. The van der Waals surface area contributed by atoms with Gasteiger partial charge in [-0.2, -0.15) is 0 Å². The van der Waals surface area contributed by atoms with Crippen molar-refractivity contribution >= 4 is 0 Å². The van der Waals surface area contributed by atoms with Gasteiger partial charge in [0, 0.05) is 31.5 Å². The predicted octanol–water partition coefficient (Wildman–Crippen LogP) is 2.11. The van der Waals surface area contributed by atoms with Crippen LogP contribution in [0.4, 0.5) is 4.39 Å². The maximum absolute atomic E-state index is 13.5. The fourth-order valence-electron chi connectivity index (χ4n) is 2.11. The number of imidazole rings is 1. The second kappa shape index (κ2) is 6.63. The van der Waals surface area contributed by atoms with Crippen molar-refractivity contribution in [3.63, 3.8) is 0 Å². The molecule has 1 heterocycles. The van der Waals surface area contributed by atoms with E-state index in [9.17, 15) is 9.50 Å². The van der Waals surface area contributed by atoms with Crippen LogP contribution >= 0.6 is 0 Å². The van der Waals surface area contributed by atoms with Crippen molar-refractivity contribution in [2.24, 2.45) is 7.05 Å². The molecule has 1 atom stereocenters. The fourth-order valence-corrected chi connectivity index (χ4v) is 2.11. The summed E-state index contributed by atoms with van der Waals surface area (Å²) >= 11 is 0. The van der Waals surface area contributed by atoms with Crippen molar-refractivity contribution in [2.75, 3.05) is 13.6 Å². The molecule has 0 aliphatic carbocycles. The molecule has 2 aromatic rings. The van der Waals surface area contributed by atoms with E-state index in [1.54, 1.807) is 24.4 Å². The van der Waals surface area contributed by atoms with Gasteiger partial charge in [0.25, 0.3) is 0 Å². The molecule has 1 aromatic carbocycles. The van der Waals surface area contributed by atoms with E-state index in [1.165, 1.54) is 6.07 Å². The van der Waals surface area contributed by atoms with Crippen LogP contribution in [-0.4, -0.2) is 33.1 Å². The van der Waals surface area contributed by atoms with Gasteiger partial charge in [0.15, 0.2) is 0 Å². The van der Waals surface area contributed by atoms with Crippen LogP contribution in [0.3, 0.4) is 0 Å². The highest BCUT2D eigenvalue weighted by atomic mass is 19.1. The van der Waals surface area contributed by atoms with Crippen LogP contribution in [0.2, 0.25) is 0 Å². The molecule has 1 aromatic heterocycles. The minimum atomic E-state index is -0.778. The summed E-state index contributed by atoms with van der Waals surface area (Å²) in [7, 11) is 3.91. The number of hydrogen-bond donors (Lipinski definition) is 1. The summed E-state index contributed by atoms with van der Waals surface area (Å²) in [6.45, 7) is 1.37. The maximum atomic E-state index is 13.5. The largest absolute Gasteiger partial charge is 0.388 e. The summed E-state index contributed by atoms with van der Waals surface area (Å²) in [5.74, 6) is 0.611. The summed E-state index contributed by atoms with van der Waals surface area (Å²) in [6, 6.07) is 6.35. The molecule has 4 nitrogen and oxygen atoms in total. The van der Waals surface area contributed by atoms with E-state index in [0.29, 0.717) is 25.1 Å². The highest BCUT2D eigenvalue weighted by Gasteiger charge is 2.13. The van der Waals surface area contributed by atoms with Crippen molar-refractivity contribution in [2.45, 2.75) is 19.1 Å². The van der Waals surface area contributed by atoms with Crippen molar-refractivity contribution in [3.05, 3.63) is 53.9 Å². The molecule has 0 aliphatic rings. The molecular weight excluding hydrogens is 257 g/mol. The van der Waals surface area contributed by atoms with E-state index in [1.807, 2.05) is 24.9 Å². The zero-order chi connectivity index (χ0) is 14.5. The number of hydrogen-bond acceptors (Lipinski definition) is 3. The molecule has 0 spiro atoms. The average Bonchev–Trinajstić information content (AvgIpc) is 2.82. The van der Waals surface area contributed by atoms with Crippen molar-refractivity contribution < 1.29 is 9.50 Å². The van der Waals surface area contributed by atoms with Gasteiger partial charge in [-0.1, -0.05) is 18.2 Å². The zero-order valence-corrected chi connectivity index (χ0v) is 11.8. The Hall–Kier alpha value is -1.72. The number of aliphatic hydroxyl groups excluding tert-OH is 1. The first-order valence-corrected chi connectivity index (χ1v) is 6.65. The number of aliphatic hydroxyl groups is 1. The van der Waals surface area contributed by atoms with Gasteiger partial charge in [-0.25, -0.2) is 9.37 Å². The van der Waals surface area contributed by atoms with Crippen LogP contribution in [0, 0.1) is 5.82 Å². The molecule has 0 aliphatic heterocycles. The molecule has 0 saturated heterocycles. The minimum absolute atomic E-state index is 0.355. The topological polar surface area (TPSA) is 41.3 Å². The van der Waals surface area contributed by atoms with Gasteiger partial charge in [0.05, 0.1) is 12.6 Å². The zero-order valence-electron chi connectivity index (χ0n) is 11.8.